The number of para-hydroxylation sites is 1. The molecule has 0 radical (unpaired) electrons. The summed E-state index contributed by atoms with van der Waals surface area (Å²) in [5.41, 5.74) is 1.41. The standard InChI is InChI=1S/C19H20ClN3O4/c1-26-17-7-6-14(20)10-15(17)22-19(25)21-8-9-23-11-13-4-2-3-5-16(13)27-12-18(23)24/h2-7,10H,8-9,11-12H2,1H3,(H2,21,22,25). The Morgan fingerprint density at radius 1 is 1.30 bits per heavy atom. The van der Waals surface area contributed by atoms with Crippen LogP contribution in [0.2, 0.25) is 5.02 Å². The second kappa shape index (κ2) is 8.64. The van der Waals surface area contributed by atoms with Crippen LogP contribution in [0.3, 0.4) is 0 Å². The summed E-state index contributed by atoms with van der Waals surface area (Å²) >= 11 is 5.95. The Morgan fingerprint density at radius 3 is 2.93 bits per heavy atom. The van der Waals surface area contributed by atoms with Gasteiger partial charge >= 0.3 is 6.03 Å². The molecule has 3 amide bonds. The number of hydrogen-bond donors (Lipinski definition) is 2. The summed E-state index contributed by atoms with van der Waals surface area (Å²) in [6.07, 6.45) is 0. The minimum atomic E-state index is -0.408. The van der Waals surface area contributed by atoms with Gasteiger partial charge in [0.25, 0.3) is 5.91 Å². The summed E-state index contributed by atoms with van der Waals surface area (Å²) < 4.78 is 10.7. The maximum absolute atomic E-state index is 12.2. The number of halogens is 1. The molecule has 0 aromatic heterocycles. The van der Waals surface area contributed by atoms with Crippen molar-refractivity contribution >= 4 is 29.2 Å². The highest BCUT2D eigenvalue weighted by atomic mass is 35.5. The SMILES string of the molecule is COc1ccc(Cl)cc1NC(=O)NCCN1Cc2ccccc2OCC1=O. The Bertz CT molecular complexity index is 843. The van der Waals surface area contributed by atoms with Gasteiger partial charge in [0.15, 0.2) is 6.61 Å². The van der Waals surface area contributed by atoms with E-state index in [-0.39, 0.29) is 12.5 Å². The average molecular weight is 390 g/mol. The van der Waals surface area contributed by atoms with Gasteiger partial charge in [-0.1, -0.05) is 29.8 Å². The summed E-state index contributed by atoms with van der Waals surface area (Å²) in [7, 11) is 1.51. The lowest BCUT2D eigenvalue weighted by molar-refractivity contribution is -0.133. The normalized spacial score (nSPS) is 13.3. The highest BCUT2D eigenvalue weighted by molar-refractivity contribution is 6.31. The van der Waals surface area contributed by atoms with E-state index in [1.165, 1.54) is 7.11 Å². The summed E-state index contributed by atoms with van der Waals surface area (Å²) in [6.45, 7) is 1.10. The summed E-state index contributed by atoms with van der Waals surface area (Å²) in [5, 5.41) is 5.91. The monoisotopic (exact) mass is 389 g/mol. The van der Waals surface area contributed by atoms with E-state index in [0.717, 1.165) is 5.56 Å². The second-order valence-electron chi connectivity index (χ2n) is 5.94. The van der Waals surface area contributed by atoms with E-state index in [1.807, 2.05) is 24.3 Å². The van der Waals surface area contributed by atoms with Crippen LogP contribution in [0.25, 0.3) is 0 Å². The summed E-state index contributed by atoms with van der Waals surface area (Å²) in [5.74, 6) is 1.10. The van der Waals surface area contributed by atoms with Gasteiger partial charge in [-0.05, 0) is 24.3 Å². The predicted octanol–water partition coefficient (Wildman–Crippen LogP) is 2.89. The van der Waals surface area contributed by atoms with Crippen LogP contribution in [-0.4, -0.2) is 43.6 Å². The largest absolute Gasteiger partial charge is 0.495 e. The zero-order chi connectivity index (χ0) is 19.2. The van der Waals surface area contributed by atoms with Crippen LogP contribution < -0.4 is 20.1 Å². The number of amides is 3. The van der Waals surface area contributed by atoms with E-state index in [2.05, 4.69) is 10.6 Å². The van der Waals surface area contributed by atoms with Crippen LogP contribution in [0.15, 0.2) is 42.5 Å². The van der Waals surface area contributed by atoms with Gasteiger partial charge in [0.1, 0.15) is 11.5 Å². The second-order valence-corrected chi connectivity index (χ2v) is 6.37. The Morgan fingerprint density at radius 2 is 2.11 bits per heavy atom. The third-order valence-corrected chi connectivity index (χ3v) is 4.35. The molecule has 1 aliphatic heterocycles. The van der Waals surface area contributed by atoms with Crippen LogP contribution in [0, 0.1) is 0 Å². The lowest BCUT2D eigenvalue weighted by atomic mass is 10.2. The van der Waals surface area contributed by atoms with Gasteiger partial charge in [-0.3, -0.25) is 4.79 Å². The number of benzene rings is 2. The molecule has 2 N–H and O–H groups in total. The maximum atomic E-state index is 12.2. The van der Waals surface area contributed by atoms with Gasteiger partial charge in [0, 0.05) is 30.2 Å². The van der Waals surface area contributed by atoms with Gasteiger partial charge in [-0.2, -0.15) is 0 Å². The zero-order valence-corrected chi connectivity index (χ0v) is 15.6. The molecule has 0 bridgehead atoms. The molecule has 0 saturated heterocycles. The lowest BCUT2D eigenvalue weighted by Gasteiger charge is -2.20. The van der Waals surface area contributed by atoms with Gasteiger partial charge in [0.05, 0.1) is 12.8 Å². The minimum absolute atomic E-state index is 0.0110. The number of nitrogens with zero attached hydrogens (tertiary/aromatic N) is 1. The molecule has 3 rings (SSSR count). The van der Waals surface area contributed by atoms with Crippen LogP contribution >= 0.6 is 11.6 Å². The molecule has 2 aromatic carbocycles. The first-order valence-corrected chi connectivity index (χ1v) is 8.81. The Labute approximate surface area is 162 Å². The summed E-state index contributed by atoms with van der Waals surface area (Å²) in [6, 6.07) is 12.1. The fourth-order valence-corrected chi connectivity index (χ4v) is 2.92. The number of urea groups is 1. The number of carbonyl (C=O) groups is 2. The molecule has 2 aromatic rings. The lowest BCUT2D eigenvalue weighted by Crippen LogP contribution is -2.40. The molecular formula is C19H20ClN3O4. The first kappa shape index (κ1) is 18.8. The molecule has 1 heterocycles. The van der Waals surface area contributed by atoms with Crippen LogP contribution in [0.5, 0.6) is 11.5 Å². The number of ether oxygens (including phenoxy) is 2. The minimum Gasteiger partial charge on any atom is -0.495 e. The van der Waals surface area contributed by atoms with E-state index in [1.54, 1.807) is 23.1 Å². The predicted molar refractivity (Wildman–Crippen MR) is 102 cm³/mol. The van der Waals surface area contributed by atoms with Gasteiger partial charge in [0.2, 0.25) is 0 Å². The van der Waals surface area contributed by atoms with Crippen molar-refractivity contribution < 1.29 is 19.1 Å². The average Bonchev–Trinajstić information content (AvgIpc) is 2.81. The number of rotatable bonds is 5. The maximum Gasteiger partial charge on any atom is 0.319 e. The number of anilines is 1. The van der Waals surface area contributed by atoms with E-state index in [0.29, 0.717) is 41.8 Å². The quantitative estimate of drug-likeness (QED) is 0.824. The fraction of sp³-hybridized carbons (Fsp3) is 0.263. The number of methoxy groups -OCH3 is 1. The van der Waals surface area contributed by atoms with Crippen molar-refractivity contribution in [2.24, 2.45) is 0 Å². The molecule has 27 heavy (non-hydrogen) atoms. The molecule has 7 nitrogen and oxygen atoms in total. The molecule has 0 fully saturated rings. The molecule has 8 heteroatoms. The highest BCUT2D eigenvalue weighted by Crippen LogP contribution is 2.27. The van der Waals surface area contributed by atoms with E-state index in [9.17, 15) is 9.59 Å². The topological polar surface area (TPSA) is 79.9 Å². The third kappa shape index (κ3) is 4.83. The number of nitrogens with one attached hydrogen (secondary N) is 2. The third-order valence-electron chi connectivity index (χ3n) is 4.11. The number of fused-ring (bicyclic) bond motifs is 1. The fourth-order valence-electron chi connectivity index (χ4n) is 2.75. The van der Waals surface area contributed by atoms with Gasteiger partial charge in [-0.25, -0.2) is 4.79 Å². The van der Waals surface area contributed by atoms with Gasteiger partial charge in [-0.15, -0.1) is 0 Å². The molecule has 0 saturated carbocycles. The molecule has 0 spiro atoms. The van der Waals surface area contributed by atoms with E-state index >= 15 is 0 Å². The van der Waals surface area contributed by atoms with Crippen molar-refractivity contribution in [3.8, 4) is 11.5 Å². The smallest absolute Gasteiger partial charge is 0.319 e. The molecule has 0 atom stereocenters. The highest BCUT2D eigenvalue weighted by Gasteiger charge is 2.21. The first-order chi connectivity index (χ1) is 13.1. The molecule has 142 valence electrons. The van der Waals surface area contributed by atoms with Crippen molar-refractivity contribution in [3.63, 3.8) is 0 Å². The van der Waals surface area contributed by atoms with Crippen molar-refractivity contribution in [1.82, 2.24) is 10.2 Å². The Kier molecular flexibility index (Phi) is 6.03. The number of carbonyl (C=O) groups excluding carboxylic acids is 2. The van der Waals surface area contributed by atoms with Crippen LogP contribution in [-0.2, 0) is 11.3 Å². The van der Waals surface area contributed by atoms with Crippen molar-refractivity contribution in [1.29, 1.82) is 0 Å². The molecule has 0 unspecified atom stereocenters. The first-order valence-electron chi connectivity index (χ1n) is 8.43. The molecule has 1 aliphatic rings. The van der Waals surface area contributed by atoms with E-state index in [4.69, 9.17) is 21.1 Å². The molecular weight excluding hydrogens is 370 g/mol. The van der Waals surface area contributed by atoms with Crippen molar-refractivity contribution in [2.45, 2.75) is 6.54 Å². The van der Waals surface area contributed by atoms with Crippen molar-refractivity contribution in [2.75, 3.05) is 32.1 Å². The van der Waals surface area contributed by atoms with E-state index < -0.39 is 6.03 Å². The Balaban J connectivity index is 1.54. The number of hydrogen-bond acceptors (Lipinski definition) is 4. The van der Waals surface area contributed by atoms with Crippen molar-refractivity contribution in [3.05, 3.63) is 53.1 Å². The van der Waals surface area contributed by atoms with Gasteiger partial charge < -0.3 is 25.0 Å². The summed E-state index contributed by atoms with van der Waals surface area (Å²) in [4.78, 5) is 26.0. The Hall–Kier alpha value is -2.93. The van der Waals surface area contributed by atoms with Crippen LogP contribution in [0.1, 0.15) is 5.56 Å². The molecule has 0 aliphatic carbocycles. The van der Waals surface area contributed by atoms with Crippen LogP contribution in [0.4, 0.5) is 10.5 Å². The zero-order valence-electron chi connectivity index (χ0n) is 14.8.